The Hall–Kier alpha value is -1.27. The number of primary amides is 1. The number of halogens is 3. The second kappa shape index (κ2) is 4.68. The second-order valence-electron chi connectivity index (χ2n) is 2.36. The van der Waals surface area contributed by atoms with Gasteiger partial charge in [0, 0.05) is 6.54 Å². The summed E-state index contributed by atoms with van der Waals surface area (Å²) in [4.78, 5) is 20.7. The molecule has 2 amide bonds. The van der Waals surface area contributed by atoms with Crippen molar-refractivity contribution in [1.29, 1.82) is 0 Å². The molecule has 0 spiro atoms. The molecule has 0 fully saturated rings. The molecule has 3 N–H and O–H groups in total. The van der Waals surface area contributed by atoms with Gasteiger partial charge in [0.05, 0.1) is 6.42 Å². The molecular formula is C6H9F3N2O2. The van der Waals surface area contributed by atoms with E-state index in [0.29, 0.717) is 0 Å². The molecule has 0 bridgehead atoms. The van der Waals surface area contributed by atoms with Crippen molar-refractivity contribution in [2.24, 2.45) is 5.73 Å². The number of hydrogen-bond donors (Lipinski definition) is 2. The predicted molar refractivity (Wildman–Crippen MR) is 37.5 cm³/mol. The largest absolute Gasteiger partial charge is 0.390 e. The molecule has 0 atom stereocenters. The zero-order valence-electron chi connectivity index (χ0n) is 6.65. The first-order valence-corrected chi connectivity index (χ1v) is 3.43. The maximum atomic E-state index is 11.5. The van der Waals surface area contributed by atoms with Crippen LogP contribution in [0.25, 0.3) is 0 Å². The molecule has 0 saturated heterocycles. The third kappa shape index (κ3) is 8.64. The summed E-state index contributed by atoms with van der Waals surface area (Å²) in [6, 6.07) is 0. The van der Waals surface area contributed by atoms with E-state index >= 15 is 0 Å². The van der Waals surface area contributed by atoms with Crippen LogP contribution in [-0.4, -0.2) is 24.5 Å². The number of nitrogens with two attached hydrogens (primary N) is 1. The number of carbonyl (C=O) groups excluding carboxylic acids is 2. The first kappa shape index (κ1) is 11.7. The van der Waals surface area contributed by atoms with Gasteiger partial charge in [0.25, 0.3) is 0 Å². The first-order valence-electron chi connectivity index (χ1n) is 3.43. The van der Waals surface area contributed by atoms with Crippen LogP contribution in [0.4, 0.5) is 13.2 Å². The molecule has 76 valence electrons. The van der Waals surface area contributed by atoms with Gasteiger partial charge < -0.3 is 11.1 Å². The Labute approximate surface area is 72.3 Å². The van der Waals surface area contributed by atoms with Gasteiger partial charge in [-0.05, 0) is 0 Å². The minimum absolute atomic E-state index is 0.532. The summed E-state index contributed by atoms with van der Waals surface area (Å²) in [6.45, 7) is -0.532. The van der Waals surface area contributed by atoms with Gasteiger partial charge in [0.1, 0.15) is 6.42 Å². The van der Waals surface area contributed by atoms with Gasteiger partial charge in [0.2, 0.25) is 11.8 Å². The van der Waals surface area contributed by atoms with Gasteiger partial charge in [0.15, 0.2) is 0 Å². The standard InChI is InChI=1S/C6H9F3N2O2/c7-6(8,9)1-2-11-5(13)3-4(10)12/h1-3H2,(H2,10,12)(H,11,13). The summed E-state index contributed by atoms with van der Waals surface area (Å²) in [5.41, 5.74) is 4.63. The number of amides is 2. The molecule has 0 heterocycles. The summed E-state index contributed by atoms with van der Waals surface area (Å²) in [5, 5.41) is 1.91. The zero-order valence-corrected chi connectivity index (χ0v) is 6.65. The fourth-order valence-electron chi connectivity index (χ4n) is 0.564. The van der Waals surface area contributed by atoms with Crippen LogP contribution < -0.4 is 11.1 Å². The van der Waals surface area contributed by atoms with E-state index in [1.807, 2.05) is 5.32 Å². The molecular weight excluding hydrogens is 189 g/mol. The molecule has 0 aromatic heterocycles. The highest BCUT2D eigenvalue weighted by atomic mass is 19.4. The maximum Gasteiger partial charge on any atom is 0.390 e. The van der Waals surface area contributed by atoms with Crippen LogP contribution in [0.15, 0.2) is 0 Å². The van der Waals surface area contributed by atoms with Gasteiger partial charge in [-0.15, -0.1) is 0 Å². The second-order valence-corrected chi connectivity index (χ2v) is 2.36. The van der Waals surface area contributed by atoms with Crippen molar-refractivity contribution in [3.05, 3.63) is 0 Å². The third-order valence-electron chi connectivity index (χ3n) is 1.07. The Bertz CT molecular complexity index is 203. The quantitative estimate of drug-likeness (QED) is 0.620. The fraction of sp³-hybridized carbons (Fsp3) is 0.667. The Morgan fingerprint density at radius 3 is 2.23 bits per heavy atom. The maximum absolute atomic E-state index is 11.5. The van der Waals surface area contributed by atoms with Gasteiger partial charge in [-0.25, -0.2) is 0 Å². The number of rotatable bonds is 4. The zero-order chi connectivity index (χ0) is 10.5. The average molecular weight is 198 g/mol. The fourth-order valence-corrected chi connectivity index (χ4v) is 0.564. The van der Waals surface area contributed by atoms with Crippen LogP contribution in [0.3, 0.4) is 0 Å². The van der Waals surface area contributed by atoms with Crippen molar-refractivity contribution >= 4 is 11.8 Å². The molecule has 0 unspecified atom stereocenters. The SMILES string of the molecule is NC(=O)CC(=O)NCCC(F)(F)F. The highest BCUT2D eigenvalue weighted by Crippen LogP contribution is 2.17. The summed E-state index contributed by atoms with van der Waals surface area (Å²) in [5.74, 6) is -1.67. The molecule has 0 aromatic rings. The van der Waals surface area contributed by atoms with Crippen molar-refractivity contribution in [2.45, 2.75) is 19.0 Å². The van der Waals surface area contributed by atoms with E-state index in [4.69, 9.17) is 0 Å². The highest BCUT2D eigenvalue weighted by Gasteiger charge is 2.26. The van der Waals surface area contributed by atoms with Crippen LogP contribution in [0.2, 0.25) is 0 Å². The van der Waals surface area contributed by atoms with Crippen molar-refractivity contribution in [3.8, 4) is 0 Å². The van der Waals surface area contributed by atoms with Crippen molar-refractivity contribution in [1.82, 2.24) is 5.32 Å². The molecule has 0 saturated carbocycles. The molecule has 13 heavy (non-hydrogen) atoms. The molecule has 0 aromatic carbocycles. The third-order valence-corrected chi connectivity index (χ3v) is 1.07. The van der Waals surface area contributed by atoms with Crippen LogP contribution in [0, 0.1) is 0 Å². The van der Waals surface area contributed by atoms with Gasteiger partial charge >= 0.3 is 6.18 Å². The first-order chi connectivity index (χ1) is 5.81. The molecule has 0 aliphatic rings. The monoisotopic (exact) mass is 198 g/mol. The van der Waals surface area contributed by atoms with Crippen LogP contribution in [0.5, 0.6) is 0 Å². The number of carbonyl (C=O) groups is 2. The van der Waals surface area contributed by atoms with Gasteiger partial charge in [-0.3, -0.25) is 9.59 Å². The number of hydrogen-bond acceptors (Lipinski definition) is 2. The smallest absolute Gasteiger partial charge is 0.369 e. The van der Waals surface area contributed by atoms with Gasteiger partial charge in [-0.2, -0.15) is 13.2 Å². The molecule has 0 aliphatic carbocycles. The average Bonchev–Trinajstić information content (AvgIpc) is 1.81. The van der Waals surface area contributed by atoms with E-state index in [9.17, 15) is 22.8 Å². The summed E-state index contributed by atoms with van der Waals surface area (Å²) >= 11 is 0. The Balaban J connectivity index is 3.54. The predicted octanol–water partition coefficient (Wildman–Crippen LogP) is -0.0696. The van der Waals surface area contributed by atoms with E-state index in [2.05, 4.69) is 5.73 Å². The normalized spacial score (nSPS) is 11.0. The number of alkyl halides is 3. The molecule has 4 nitrogen and oxygen atoms in total. The molecule has 0 aliphatic heterocycles. The molecule has 7 heteroatoms. The topological polar surface area (TPSA) is 72.2 Å². The summed E-state index contributed by atoms with van der Waals surface area (Å²) in [6.07, 6.45) is -6.00. The van der Waals surface area contributed by atoms with E-state index in [-0.39, 0.29) is 0 Å². The highest BCUT2D eigenvalue weighted by molar-refractivity contribution is 5.95. The minimum Gasteiger partial charge on any atom is -0.369 e. The Kier molecular flexibility index (Phi) is 4.22. The lowest BCUT2D eigenvalue weighted by Gasteiger charge is -2.06. The Morgan fingerprint density at radius 2 is 1.85 bits per heavy atom. The molecule has 0 radical (unpaired) electrons. The van der Waals surface area contributed by atoms with Crippen LogP contribution >= 0.6 is 0 Å². The van der Waals surface area contributed by atoms with Crippen molar-refractivity contribution in [3.63, 3.8) is 0 Å². The lowest BCUT2D eigenvalue weighted by molar-refractivity contribution is -0.136. The van der Waals surface area contributed by atoms with E-state index < -0.39 is 37.4 Å². The van der Waals surface area contributed by atoms with Crippen molar-refractivity contribution < 1.29 is 22.8 Å². The number of nitrogens with one attached hydrogen (secondary N) is 1. The van der Waals surface area contributed by atoms with E-state index in [1.165, 1.54) is 0 Å². The summed E-state index contributed by atoms with van der Waals surface area (Å²) < 4.78 is 34.6. The van der Waals surface area contributed by atoms with E-state index in [1.54, 1.807) is 0 Å². The van der Waals surface area contributed by atoms with Crippen molar-refractivity contribution in [2.75, 3.05) is 6.54 Å². The summed E-state index contributed by atoms with van der Waals surface area (Å²) in [7, 11) is 0. The van der Waals surface area contributed by atoms with Gasteiger partial charge in [-0.1, -0.05) is 0 Å². The lowest BCUT2D eigenvalue weighted by atomic mass is 10.3. The van der Waals surface area contributed by atoms with E-state index in [0.717, 1.165) is 0 Å². The molecule has 0 rings (SSSR count). The Morgan fingerprint density at radius 1 is 1.31 bits per heavy atom. The minimum atomic E-state index is -4.31. The van der Waals surface area contributed by atoms with Crippen LogP contribution in [0.1, 0.15) is 12.8 Å². The van der Waals surface area contributed by atoms with Crippen LogP contribution in [-0.2, 0) is 9.59 Å². The lowest BCUT2D eigenvalue weighted by Crippen LogP contribution is -2.31.